The highest BCUT2D eigenvalue weighted by atomic mass is 35.5. The lowest BCUT2D eigenvalue weighted by Crippen LogP contribution is -2.52. The highest BCUT2D eigenvalue weighted by molar-refractivity contribution is 7.92. The summed E-state index contributed by atoms with van der Waals surface area (Å²) in [5.74, 6) is -0.849. The average molecular weight is 627 g/mol. The summed E-state index contributed by atoms with van der Waals surface area (Å²) >= 11 is 18.5. The Kier molecular flexibility index (Phi) is 10.7. The number of ether oxygens (including phenoxy) is 1. The van der Waals surface area contributed by atoms with E-state index < -0.39 is 34.4 Å². The number of sulfonamides is 1. The normalized spacial score (nSPS) is 12.1. The Balaban J connectivity index is 2.10. The van der Waals surface area contributed by atoms with Crippen molar-refractivity contribution in [3.05, 3.63) is 87.4 Å². The van der Waals surface area contributed by atoms with Crippen LogP contribution in [0.25, 0.3) is 0 Å². The number of benzene rings is 3. The van der Waals surface area contributed by atoms with Crippen LogP contribution in [0.2, 0.25) is 15.1 Å². The lowest BCUT2D eigenvalue weighted by atomic mass is 10.1. The molecular formula is C28H30Cl3N3O5S. The van der Waals surface area contributed by atoms with E-state index >= 15 is 0 Å². The molecule has 0 aromatic heterocycles. The van der Waals surface area contributed by atoms with Gasteiger partial charge in [0, 0.05) is 17.6 Å². The molecule has 0 spiro atoms. The topological polar surface area (TPSA) is 96.0 Å². The number of methoxy groups -OCH3 is 1. The molecule has 0 saturated heterocycles. The number of halogens is 3. The quantitative estimate of drug-likeness (QED) is 0.291. The number of nitrogens with one attached hydrogen (secondary N) is 1. The molecule has 0 aliphatic rings. The van der Waals surface area contributed by atoms with Gasteiger partial charge in [-0.2, -0.15) is 0 Å². The molecule has 0 fully saturated rings. The van der Waals surface area contributed by atoms with Gasteiger partial charge >= 0.3 is 0 Å². The molecule has 1 unspecified atom stereocenters. The largest absolute Gasteiger partial charge is 0.495 e. The first kappa shape index (κ1) is 31.5. The van der Waals surface area contributed by atoms with Crippen LogP contribution >= 0.6 is 34.8 Å². The molecule has 40 heavy (non-hydrogen) atoms. The summed E-state index contributed by atoms with van der Waals surface area (Å²) in [5, 5.41) is 3.66. The Morgan fingerprint density at radius 2 is 1.60 bits per heavy atom. The van der Waals surface area contributed by atoms with Crippen LogP contribution in [0, 0.1) is 0 Å². The lowest BCUT2D eigenvalue weighted by Gasteiger charge is -2.32. The molecule has 214 valence electrons. The summed E-state index contributed by atoms with van der Waals surface area (Å²) in [7, 11) is -2.89. The van der Waals surface area contributed by atoms with E-state index in [0.29, 0.717) is 10.6 Å². The highest BCUT2D eigenvalue weighted by Crippen LogP contribution is 2.35. The van der Waals surface area contributed by atoms with Gasteiger partial charge < -0.3 is 15.0 Å². The maximum absolute atomic E-state index is 14.0. The van der Waals surface area contributed by atoms with Crippen molar-refractivity contribution in [2.24, 2.45) is 0 Å². The van der Waals surface area contributed by atoms with Crippen molar-refractivity contribution in [2.75, 3.05) is 18.0 Å². The van der Waals surface area contributed by atoms with Gasteiger partial charge in [0.05, 0.1) is 27.7 Å². The van der Waals surface area contributed by atoms with E-state index in [-0.39, 0.29) is 39.0 Å². The van der Waals surface area contributed by atoms with Crippen LogP contribution in [0.1, 0.15) is 26.3 Å². The number of carbonyl (C=O) groups is 2. The van der Waals surface area contributed by atoms with Gasteiger partial charge in [-0.15, -0.1) is 0 Å². The second-order valence-electron chi connectivity index (χ2n) is 9.25. The Hall–Kier alpha value is -2.98. The maximum atomic E-state index is 14.0. The van der Waals surface area contributed by atoms with Gasteiger partial charge in [0.1, 0.15) is 18.3 Å². The number of hydrogen-bond acceptors (Lipinski definition) is 5. The molecular weight excluding hydrogens is 597 g/mol. The fraction of sp³-hybridized carbons (Fsp3) is 0.286. The standard InChI is InChI=1S/C28H30Cl3N3O5S/c1-18(2)32-28(36)19(3)33(16-20-10-12-23(30)24(31)14-20)27(35)17-34(25-15-21(29)11-13-26(25)39-4)40(37,38)22-8-6-5-7-9-22/h5-15,18-19H,16-17H2,1-4H3,(H,32,36). The van der Waals surface area contributed by atoms with Crippen LogP contribution in [0.4, 0.5) is 5.69 Å². The fourth-order valence-electron chi connectivity index (χ4n) is 3.91. The number of rotatable bonds is 11. The van der Waals surface area contributed by atoms with E-state index in [9.17, 15) is 18.0 Å². The fourth-order valence-corrected chi connectivity index (χ4v) is 5.84. The molecule has 0 aliphatic heterocycles. The van der Waals surface area contributed by atoms with E-state index in [2.05, 4.69) is 5.32 Å². The molecule has 0 radical (unpaired) electrons. The predicted molar refractivity (Wildman–Crippen MR) is 159 cm³/mol. The SMILES string of the molecule is COc1ccc(Cl)cc1N(CC(=O)N(Cc1ccc(Cl)c(Cl)c1)C(C)C(=O)NC(C)C)S(=O)(=O)c1ccccc1. The number of carbonyl (C=O) groups excluding carboxylic acids is 2. The van der Waals surface area contributed by atoms with E-state index in [4.69, 9.17) is 39.5 Å². The van der Waals surface area contributed by atoms with Gasteiger partial charge in [0.25, 0.3) is 10.0 Å². The summed E-state index contributed by atoms with van der Waals surface area (Å²) in [4.78, 5) is 28.3. The second kappa shape index (κ2) is 13.6. The minimum atomic E-state index is -4.27. The Bertz CT molecular complexity index is 1470. The predicted octanol–water partition coefficient (Wildman–Crippen LogP) is 5.79. The third-order valence-corrected chi connectivity index (χ3v) is 8.70. The van der Waals surface area contributed by atoms with Gasteiger partial charge in [0.15, 0.2) is 0 Å². The molecule has 3 aromatic carbocycles. The molecule has 0 aliphatic carbocycles. The summed E-state index contributed by atoms with van der Waals surface area (Å²) in [6.45, 7) is 4.50. The van der Waals surface area contributed by atoms with Crippen molar-refractivity contribution >= 4 is 62.3 Å². The van der Waals surface area contributed by atoms with Gasteiger partial charge in [0.2, 0.25) is 11.8 Å². The first-order valence-corrected chi connectivity index (χ1v) is 14.9. The molecule has 1 atom stereocenters. The maximum Gasteiger partial charge on any atom is 0.264 e. The number of anilines is 1. The van der Waals surface area contributed by atoms with Crippen molar-refractivity contribution in [1.82, 2.24) is 10.2 Å². The third kappa shape index (κ3) is 7.60. The minimum absolute atomic E-state index is 0.0334. The molecule has 3 aromatic rings. The van der Waals surface area contributed by atoms with Crippen molar-refractivity contribution in [1.29, 1.82) is 0 Å². The monoisotopic (exact) mass is 625 g/mol. The van der Waals surface area contributed by atoms with Gasteiger partial charge in [-0.25, -0.2) is 8.42 Å². The van der Waals surface area contributed by atoms with Crippen LogP contribution in [-0.4, -0.2) is 50.9 Å². The Morgan fingerprint density at radius 1 is 0.925 bits per heavy atom. The van der Waals surface area contributed by atoms with Gasteiger partial charge in [-0.1, -0.05) is 59.1 Å². The first-order valence-electron chi connectivity index (χ1n) is 12.3. The third-order valence-electron chi connectivity index (χ3n) is 5.95. The zero-order valence-corrected chi connectivity index (χ0v) is 25.5. The van der Waals surface area contributed by atoms with Crippen molar-refractivity contribution in [3.63, 3.8) is 0 Å². The Labute approximate surface area is 249 Å². The number of amides is 2. The number of hydrogen-bond donors (Lipinski definition) is 1. The molecule has 1 N–H and O–H groups in total. The average Bonchev–Trinajstić information content (AvgIpc) is 2.91. The first-order chi connectivity index (χ1) is 18.8. The smallest absolute Gasteiger partial charge is 0.264 e. The van der Waals surface area contributed by atoms with Crippen LogP contribution in [0.15, 0.2) is 71.6 Å². The molecule has 12 heteroatoms. The van der Waals surface area contributed by atoms with E-state index in [0.717, 1.165) is 4.31 Å². The summed E-state index contributed by atoms with van der Waals surface area (Å²) < 4.78 is 34.2. The van der Waals surface area contributed by atoms with Crippen LogP contribution in [0.3, 0.4) is 0 Å². The molecule has 0 saturated carbocycles. The van der Waals surface area contributed by atoms with Crippen LogP contribution in [0.5, 0.6) is 5.75 Å². The molecule has 3 rings (SSSR count). The van der Waals surface area contributed by atoms with Crippen molar-refractivity contribution < 1.29 is 22.7 Å². The highest BCUT2D eigenvalue weighted by Gasteiger charge is 2.34. The number of nitrogens with zero attached hydrogens (tertiary/aromatic N) is 2. The van der Waals surface area contributed by atoms with E-state index in [1.54, 1.807) is 63.2 Å². The molecule has 8 nitrogen and oxygen atoms in total. The second-order valence-corrected chi connectivity index (χ2v) is 12.4. The van der Waals surface area contributed by atoms with Crippen molar-refractivity contribution in [3.8, 4) is 5.75 Å². The zero-order chi connectivity index (χ0) is 29.6. The molecule has 0 bridgehead atoms. The summed E-state index contributed by atoms with van der Waals surface area (Å²) in [5.41, 5.74) is 0.672. The lowest BCUT2D eigenvalue weighted by molar-refractivity contribution is -0.139. The van der Waals surface area contributed by atoms with Crippen LogP contribution in [-0.2, 0) is 26.2 Å². The molecule has 0 heterocycles. The molecule has 2 amide bonds. The van der Waals surface area contributed by atoms with Crippen molar-refractivity contribution in [2.45, 2.75) is 44.3 Å². The van der Waals surface area contributed by atoms with Crippen LogP contribution < -0.4 is 14.4 Å². The minimum Gasteiger partial charge on any atom is -0.495 e. The van der Waals surface area contributed by atoms with Gasteiger partial charge in [-0.3, -0.25) is 13.9 Å². The zero-order valence-electron chi connectivity index (χ0n) is 22.4. The van der Waals surface area contributed by atoms with E-state index in [1.807, 2.05) is 0 Å². The Morgan fingerprint density at radius 3 is 2.20 bits per heavy atom. The van der Waals surface area contributed by atoms with E-state index in [1.165, 1.54) is 36.3 Å². The summed E-state index contributed by atoms with van der Waals surface area (Å²) in [6.07, 6.45) is 0. The summed E-state index contributed by atoms with van der Waals surface area (Å²) in [6, 6.07) is 15.9. The van der Waals surface area contributed by atoms with Gasteiger partial charge in [-0.05, 0) is 68.8 Å².